The predicted octanol–water partition coefficient (Wildman–Crippen LogP) is 11.2. The van der Waals surface area contributed by atoms with Crippen LogP contribution in [0.5, 0.6) is 0 Å². The molecule has 0 aromatic heterocycles. The average Bonchev–Trinajstić information content (AvgIpc) is 3.38. The minimum atomic E-state index is 0.783. The number of allylic oxidation sites excluding steroid dienone is 4. The third-order valence-corrected chi connectivity index (χ3v) is 7.61. The lowest BCUT2D eigenvalue weighted by molar-refractivity contribution is 0.392. The first kappa shape index (κ1) is 33.9. The molecule has 0 radical (unpaired) electrons. The highest BCUT2D eigenvalue weighted by Crippen LogP contribution is 2.26. The highest BCUT2D eigenvalue weighted by atomic mass is 35.5. The Hall–Kier alpha value is -2.09. The molecule has 1 fully saturated rings. The van der Waals surface area contributed by atoms with Crippen molar-refractivity contribution in [2.75, 3.05) is 20.1 Å². The fourth-order valence-electron chi connectivity index (χ4n) is 4.65. The van der Waals surface area contributed by atoms with Crippen molar-refractivity contribution in [3.8, 4) is 0 Å². The Balaban J connectivity index is 0.000000265. The summed E-state index contributed by atoms with van der Waals surface area (Å²) >= 11 is 5.84. The first-order valence-electron chi connectivity index (χ1n) is 14.8. The monoisotopic (exact) mass is 535 g/mol. The SMILES string of the molecule is C1=CCCC=C1.C=Cc1ccc(C)c(Cl)c1.CCC1CCN(C)C1.CCCC(CCC)c1ccc(C)cc1. The van der Waals surface area contributed by atoms with Crippen LogP contribution in [-0.4, -0.2) is 25.0 Å². The Labute approximate surface area is 240 Å². The lowest BCUT2D eigenvalue weighted by Crippen LogP contribution is -2.13. The highest BCUT2D eigenvalue weighted by Gasteiger charge is 2.16. The Morgan fingerprint density at radius 1 is 0.947 bits per heavy atom. The van der Waals surface area contributed by atoms with Crippen LogP contribution in [0.4, 0.5) is 0 Å². The Kier molecular flexibility index (Phi) is 18.6. The Morgan fingerprint density at radius 2 is 1.55 bits per heavy atom. The van der Waals surface area contributed by atoms with Crippen molar-refractivity contribution < 1.29 is 0 Å². The third-order valence-electron chi connectivity index (χ3n) is 7.20. The van der Waals surface area contributed by atoms with Gasteiger partial charge in [0.15, 0.2) is 0 Å². The van der Waals surface area contributed by atoms with Gasteiger partial charge in [-0.2, -0.15) is 0 Å². The second-order valence-electron chi connectivity index (χ2n) is 10.7. The van der Waals surface area contributed by atoms with E-state index in [1.165, 1.54) is 75.6 Å². The molecule has 38 heavy (non-hydrogen) atoms. The van der Waals surface area contributed by atoms with Crippen LogP contribution in [0, 0.1) is 19.8 Å². The van der Waals surface area contributed by atoms with Crippen molar-refractivity contribution in [2.24, 2.45) is 5.92 Å². The largest absolute Gasteiger partial charge is 0.306 e. The molecule has 0 bridgehead atoms. The summed E-state index contributed by atoms with van der Waals surface area (Å²) < 4.78 is 0. The van der Waals surface area contributed by atoms with Crippen LogP contribution in [0.15, 0.2) is 73.3 Å². The van der Waals surface area contributed by atoms with Crippen molar-refractivity contribution in [3.05, 3.63) is 101 Å². The molecule has 1 nitrogen and oxygen atoms in total. The molecule has 1 unspecified atom stereocenters. The van der Waals surface area contributed by atoms with Gasteiger partial charge in [0.25, 0.3) is 0 Å². The van der Waals surface area contributed by atoms with Gasteiger partial charge in [-0.1, -0.05) is 131 Å². The number of aryl methyl sites for hydroxylation is 2. The number of rotatable bonds is 7. The molecule has 0 spiro atoms. The number of benzene rings is 2. The van der Waals surface area contributed by atoms with Gasteiger partial charge in [0, 0.05) is 11.6 Å². The number of nitrogens with zero attached hydrogens (tertiary/aromatic N) is 1. The Morgan fingerprint density at radius 3 is 1.92 bits per heavy atom. The van der Waals surface area contributed by atoms with Gasteiger partial charge in [0.05, 0.1) is 0 Å². The van der Waals surface area contributed by atoms with Gasteiger partial charge in [-0.25, -0.2) is 0 Å². The molecule has 2 aliphatic rings. The summed E-state index contributed by atoms with van der Waals surface area (Å²) in [6, 6.07) is 14.9. The van der Waals surface area contributed by atoms with Crippen molar-refractivity contribution in [2.45, 2.75) is 91.9 Å². The normalized spacial score (nSPS) is 16.1. The maximum Gasteiger partial charge on any atom is 0.0441 e. The van der Waals surface area contributed by atoms with E-state index in [9.17, 15) is 0 Å². The maximum atomic E-state index is 5.84. The molecule has 0 N–H and O–H groups in total. The van der Waals surface area contributed by atoms with Gasteiger partial charge in [-0.3, -0.25) is 0 Å². The molecule has 2 aromatic rings. The van der Waals surface area contributed by atoms with Crippen molar-refractivity contribution >= 4 is 17.7 Å². The van der Waals surface area contributed by atoms with Crippen molar-refractivity contribution in [1.82, 2.24) is 4.90 Å². The van der Waals surface area contributed by atoms with E-state index in [1.54, 1.807) is 6.08 Å². The predicted molar refractivity (Wildman–Crippen MR) is 173 cm³/mol. The maximum absolute atomic E-state index is 5.84. The summed E-state index contributed by atoms with van der Waals surface area (Å²) in [7, 11) is 2.20. The average molecular weight is 536 g/mol. The summed E-state index contributed by atoms with van der Waals surface area (Å²) in [5, 5.41) is 0.803. The second-order valence-corrected chi connectivity index (χ2v) is 11.1. The molecule has 2 aromatic carbocycles. The van der Waals surface area contributed by atoms with E-state index in [1.807, 2.05) is 25.1 Å². The van der Waals surface area contributed by atoms with Crippen LogP contribution in [0.2, 0.25) is 5.02 Å². The molecule has 1 aliphatic heterocycles. The number of hydrogen-bond acceptors (Lipinski definition) is 1. The lowest BCUT2D eigenvalue weighted by Gasteiger charge is -2.15. The van der Waals surface area contributed by atoms with Gasteiger partial charge >= 0.3 is 0 Å². The van der Waals surface area contributed by atoms with Gasteiger partial charge in [-0.15, -0.1) is 0 Å². The van der Waals surface area contributed by atoms with E-state index in [0.717, 1.165) is 28.0 Å². The smallest absolute Gasteiger partial charge is 0.0441 e. The fourth-order valence-corrected chi connectivity index (χ4v) is 4.84. The fraction of sp³-hybridized carbons (Fsp3) is 0.500. The quantitative estimate of drug-likeness (QED) is 0.340. The van der Waals surface area contributed by atoms with Crippen molar-refractivity contribution in [1.29, 1.82) is 0 Å². The molecule has 0 amide bonds. The first-order chi connectivity index (χ1) is 18.3. The van der Waals surface area contributed by atoms with E-state index < -0.39 is 0 Å². The van der Waals surface area contributed by atoms with Crippen LogP contribution in [0.3, 0.4) is 0 Å². The number of halogens is 1. The van der Waals surface area contributed by atoms with Gasteiger partial charge in [-0.05, 0) is 94.1 Å². The van der Waals surface area contributed by atoms with Crippen LogP contribution in [-0.2, 0) is 0 Å². The van der Waals surface area contributed by atoms with E-state index in [-0.39, 0.29) is 0 Å². The molecule has 1 saturated heterocycles. The van der Waals surface area contributed by atoms with Crippen molar-refractivity contribution in [3.63, 3.8) is 0 Å². The number of likely N-dealkylation sites (tertiary alicyclic amines) is 1. The molecular weight excluding hydrogens is 482 g/mol. The van der Waals surface area contributed by atoms with E-state index in [2.05, 4.69) is 94.8 Å². The van der Waals surface area contributed by atoms with Crippen LogP contribution in [0.1, 0.15) is 100 Å². The molecule has 1 heterocycles. The second kappa shape index (κ2) is 20.8. The first-order valence-corrected chi connectivity index (χ1v) is 15.2. The van der Waals surface area contributed by atoms with E-state index in [0.29, 0.717) is 0 Å². The van der Waals surface area contributed by atoms with E-state index >= 15 is 0 Å². The molecule has 0 saturated carbocycles. The summed E-state index contributed by atoms with van der Waals surface area (Å²) in [4.78, 5) is 2.41. The molecule has 210 valence electrons. The standard InChI is InChI=1S/C14H22.C9H9Cl.C7H15N.C6H8/c1-4-6-13(7-5-2)14-10-8-12(3)9-11-14;1-3-8-5-4-7(2)9(10)6-8;1-3-7-4-5-8(2)6-7;1-2-4-6-5-3-1/h8-11,13H,4-7H2,1-3H3;3-6H,1H2,2H3;7H,3-6H2,1-2H3;1-4H,5-6H2. The summed E-state index contributed by atoms with van der Waals surface area (Å²) in [6.45, 7) is 17.3. The minimum absolute atomic E-state index is 0.783. The molecule has 1 aliphatic carbocycles. The zero-order valence-corrected chi connectivity index (χ0v) is 25.9. The zero-order chi connectivity index (χ0) is 28.2. The zero-order valence-electron chi connectivity index (χ0n) is 25.2. The summed E-state index contributed by atoms with van der Waals surface area (Å²) in [5.41, 5.74) is 5.06. The molecule has 2 heteroatoms. The van der Waals surface area contributed by atoms with Crippen LogP contribution in [0.25, 0.3) is 6.08 Å². The van der Waals surface area contributed by atoms with Crippen LogP contribution < -0.4 is 0 Å². The lowest BCUT2D eigenvalue weighted by atomic mass is 9.90. The third kappa shape index (κ3) is 14.7. The highest BCUT2D eigenvalue weighted by molar-refractivity contribution is 6.31. The molecular formula is C36H54ClN. The van der Waals surface area contributed by atoms with Gasteiger partial charge < -0.3 is 4.90 Å². The van der Waals surface area contributed by atoms with Crippen LogP contribution >= 0.6 is 11.6 Å². The minimum Gasteiger partial charge on any atom is -0.306 e. The summed E-state index contributed by atoms with van der Waals surface area (Å²) in [5.74, 6) is 1.78. The molecule has 1 atom stereocenters. The van der Waals surface area contributed by atoms with E-state index in [4.69, 9.17) is 11.6 Å². The molecule has 4 rings (SSSR count). The number of hydrogen-bond donors (Lipinski definition) is 0. The Bertz CT molecular complexity index is 922. The van der Waals surface area contributed by atoms with Gasteiger partial charge in [0.1, 0.15) is 0 Å². The summed E-state index contributed by atoms with van der Waals surface area (Å²) in [6.07, 6.45) is 20.8. The van der Waals surface area contributed by atoms with Gasteiger partial charge in [0.2, 0.25) is 0 Å². The topological polar surface area (TPSA) is 3.24 Å².